The third-order valence-electron chi connectivity index (χ3n) is 5.67. The lowest BCUT2D eigenvalue weighted by atomic mass is 9.67. The van der Waals surface area contributed by atoms with Crippen LogP contribution in [0.4, 0.5) is 5.69 Å². The second-order valence-corrected chi connectivity index (χ2v) is 6.84. The normalized spacial score (nSPS) is 33.4. The van der Waals surface area contributed by atoms with Crippen LogP contribution in [0, 0.1) is 23.7 Å². The van der Waals surface area contributed by atoms with E-state index in [4.69, 9.17) is 4.74 Å². The quantitative estimate of drug-likeness (QED) is 0.749. The number of amides is 2. The van der Waals surface area contributed by atoms with Gasteiger partial charge in [-0.1, -0.05) is 32.0 Å². The van der Waals surface area contributed by atoms with E-state index in [9.17, 15) is 9.59 Å². The van der Waals surface area contributed by atoms with Crippen LogP contribution in [-0.2, 0) is 14.3 Å². The van der Waals surface area contributed by atoms with E-state index in [0.717, 1.165) is 30.8 Å². The van der Waals surface area contributed by atoms with Crippen molar-refractivity contribution in [3.8, 4) is 0 Å². The number of fused-ring (bicyclic) bond motifs is 2. The van der Waals surface area contributed by atoms with Gasteiger partial charge in [-0.3, -0.25) is 9.59 Å². The number of ether oxygens (including phenoxy) is 1. The van der Waals surface area contributed by atoms with Crippen molar-refractivity contribution in [2.24, 2.45) is 23.7 Å². The van der Waals surface area contributed by atoms with Crippen molar-refractivity contribution >= 4 is 17.5 Å². The molecule has 2 amide bonds. The molecule has 1 aromatic carbocycles. The third kappa shape index (κ3) is 1.97. The standard InChI is InChI=1S/C19H21NO3/c1-11-12(2)17-14(9-6-10-23-17)16-15(11)18(21)20(19(16)22)13-7-4-3-5-8-13/h3-5,7-8,11-12,15-16H,6,9-10H2,1-2H3. The molecule has 3 aliphatic rings. The van der Waals surface area contributed by atoms with Crippen LogP contribution >= 0.6 is 0 Å². The molecule has 120 valence electrons. The Bertz CT molecular complexity index is 694. The zero-order valence-corrected chi connectivity index (χ0v) is 13.5. The van der Waals surface area contributed by atoms with Gasteiger partial charge >= 0.3 is 0 Å². The van der Waals surface area contributed by atoms with Crippen molar-refractivity contribution in [2.75, 3.05) is 11.5 Å². The van der Waals surface area contributed by atoms with E-state index < -0.39 is 0 Å². The molecule has 1 aromatic rings. The summed E-state index contributed by atoms with van der Waals surface area (Å²) in [5.41, 5.74) is 1.75. The Balaban J connectivity index is 1.81. The zero-order valence-electron chi connectivity index (χ0n) is 13.5. The first-order chi connectivity index (χ1) is 11.1. The summed E-state index contributed by atoms with van der Waals surface area (Å²) in [4.78, 5) is 27.5. The van der Waals surface area contributed by atoms with Gasteiger partial charge in [0.2, 0.25) is 11.8 Å². The fourth-order valence-corrected chi connectivity index (χ4v) is 4.36. The van der Waals surface area contributed by atoms with Gasteiger partial charge in [0.15, 0.2) is 0 Å². The predicted octanol–water partition coefficient (Wildman–Crippen LogP) is 3.14. The van der Waals surface area contributed by atoms with Gasteiger partial charge in [0.1, 0.15) is 0 Å². The van der Waals surface area contributed by atoms with Gasteiger partial charge in [0.05, 0.1) is 29.9 Å². The molecule has 4 heteroatoms. The molecule has 1 saturated heterocycles. The number of imide groups is 1. The zero-order chi connectivity index (χ0) is 16.1. The summed E-state index contributed by atoms with van der Waals surface area (Å²) in [7, 11) is 0. The molecular formula is C19H21NO3. The van der Waals surface area contributed by atoms with Crippen molar-refractivity contribution in [3.05, 3.63) is 41.7 Å². The first-order valence-corrected chi connectivity index (χ1v) is 8.40. The Morgan fingerprint density at radius 1 is 1.09 bits per heavy atom. The molecule has 0 bridgehead atoms. The molecule has 0 spiro atoms. The maximum absolute atomic E-state index is 13.1. The summed E-state index contributed by atoms with van der Waals surface area (Å²) in [5, 5.41) is 0. The largest absolute Gasteiger partial charge is 0.498 e. The average molecular weight is 311 g/mol. The van der Waals surface area contributed by atoms with Gasteiger partial charge in [0, 0.05) is 5.92 Å². The second-order valence-electron chi connectivity index (χ2n) is 6.84. The summed E-state index contributed by atoms with van der Waals surface area (Å²) in [6, 6.07) is 9.26. The second kappa shape index (κ2) is 5.22. The highest BCUT2D eigenvalue weighted by Crippen LogP contribution is 2.50. The van der Waals surface area contributed by atoms with E-state index in [1.165, 1.54) is 4.90 Å². The Labute approximate surface area is 136 Å². The van der Waals surface area contributed by atoms with Crippen molar-refractivity contribution in [1.82, 2.24) is 0 Å². The number of hydrogen-bond acceptors (Lipinski definition) is 3. The molecule has 2 heterocycles. The minimum absolute atomic E-state index is 0.0531. The molecule has 0 N–H and O–H groups in total. The molecule has 4 unspecified atom stereocenters. The van der Waals surface area contributed by atoms with Crippen molar-refractivity contribution < 1.29 is 14.3 Å². The topological polar surface area (TPSA) is 46.6 Å². The Morgan fingerprint density at radius 3 is 2.57 bits per heavy atom. The highest BCUT2D eigenvalue weighted by Gasteiger charge is 2.56. The molecule has 2 aliphatic heterocycles. The minimum Gasteiger partial charge on any atom is -0.498 e. The monoisotopic (exact) mass is 311 g/mol. The SMILES string of the molecule is CC1C2=C(CCCO2)C2C(=O)N(c3ccccc3)C(=O)C2C1C. The number of nitrogens with zero attached hydrogens (tertiary/aromatic N) is 1. The number of anilines is 1. The summed E-state index contributed by atoms with van der Waals surface area (Å²) in [6.45, 7) is 4.91. The minimum atomic E-state index is -0.329. The number of carbonyl (C=O) groups excluding carboxylic acids is 2. The van der Waals surface area contributed by atoms with Crippen LogP contribution in [0.3, 0.4) is 0 Å². The van der Waals surface area contributed by atoms with Gasteiger partial charge in [-0.05, 0) is 36.5 Å². The molecule has 1 aliphatic carbocycles. The van der Waals surface area contributed by atoms with E-state index in [-0.39, 0.29) is 35.5 Å². The number of allylic oxidation sites excluding steroid dienone is 1. The number of carbonyl (C=O) groups is 2. The number of hydrogen-bond donors (Lipinski definition) is 0. The lowest BCUT2D eigenvalue weighted by molar-refractivity contribution is -0.123. The summed E-state index contributed by atoms with van der Waals surface area (Å²) >= 11 is 0. The Morgan fingerprint density at radius 2 is 1.83 bits per heavy atom. The lowest BCUT2D eigenvalue weighted by Crippen LogP contribution is -2.38. The van der Waals surface area contributed by atoms with E-state index in [1.807, 2.05) is 30.3 Å². The van der Waals surface area contributed by atoms with Crippen LogP contribution in [0.5, 0.6) is 0 Å². The maximum atomic E-state index is 13.1. The lowest BCUT2D eigenvalue weighted by Gasteiger charge is -2.39. The van der Waals surface area contributed by atoms with E-state index in [1.54, 1.807) is 0 Å². The summed E-state index contributed by atoms with van der Waals surface area (Å²) in [6.07, 6.45) is 1.80. The van der Waals surface area contributed by atoms with Crippen LogP contribution in [0.1, 0.15) is 26.7 Å². The summed E-state index contributed by atoms with van der Waals surface area (Å²) < 4.78 is 5.89. The van der Waals surface area contributed by atoms with E-state index >= 15 is 0 Å². The van der Waals surface area contributed by atoms with Crippen LogP contribution in [0.2, 0.25) is 0 Å². The Kier molecular flexibility index (Phi) is 3.29. The number of benzene rings is 1. The van der Waals surface area contributed by atoms with Gasteiger partial charge in [-0.2, -0.15) is 0 Å². The molecule has 4 rings (SSSR count). The number of para-hydroxylation sites is 1. The van der Waals surface area contributed by atoms with Crippen molar-refractivity contribution in [2.45, 2.75) is 26.7 Å². The first-order valence-electron chi connectivity index (χ1n) is 8.40. The summed E-state index contributed by atoms with van der Waals surface area (Å²) in [5.74, 6) is 0.565. The van der Waals surface area contributed by atoms with Gasteiger partial charge in [-0.15, -0.1) is 0 Å². The molecule has 0 aromatic heterocycles. The van der Waals surface area contributed by atoms with E-state index in [2.05, 4.69) is 13.8 Å². The van der Waals surface area contributed by atoms with Crippen LogP contribution < -0.4 is 4.90 Å². The van der Waals surface area contributed by atoms with Crippen molar-refractivity contribution in [3.63, 3.8) is 0 Å². The van der Waals surface area contributed by atoms with Crippen LogP contribution in [0.15, 0.2) is 41.7 Å². The molecule has 0 radical (unpaired) electrons. The van der Waals surface area contributed by atoms with Gasteiger partial charge < -0.3 is 4.74 Å². The van der Waals surface area contributed by atoms with Gasteiger partial charge in [0.25, 0.3) is 0 Å². The smallest absolute Gasteiger partial charge is 0.241 e. The van der Waals surface area contributed by atoms with Crippen LogP contribution in [0.25, 0.3) is 0 Å². The fraction of sp³-hybridized carbons (Fsp3) is 0.474. The highest BCUT2D eigenvalue weighted by molar-refractivity contribution is 6.23. The molecule has 1 fully saturated rings. The molecule has 0 saturated carbocycles. The van der Waals surface area contributed by atoms with E-state index in [0.29, 0.717) is 5.69 Å². The fourth-order valence-electron chi connectivity index (χ4n) is 4.36. The van der Waals surface area contributed by atoms with Gasteiger partial charge in [-0.25, -0.2) is 4.90 Å². The third-order valence-corrected chi connectivity index (χ3v) is 5.67. The Hall–Kier alpha value is -2.10. The molecule has 4 atom stereocenters. The van der Waals surface area contributed by atoms with Crippen LogP contribution in [-0.4, -0.2) is 18.4 Å². The number of rotatable bonds is 1. The maximum Gasteiger partial charge on any atom is 0.241 e. The predicted molar refractivity (Wildman–Crippen MR) is 86.5 cm³/mol. The highest BCUT2D eigenvalue weighted by atomic mass is 16.5. The van der Waals surface area contributed by atoms with Crippen molar-refractivity contribution in [1.29, 1.82) is 0 Å². The average Bonchev–Trinajstić information content (AvgIpc) is 2.84. The molecule has 23 heavy (non-hydrogen) atoms. The first kappa shape index (κ1) is 14.5. The molecular weight excluding hydrogens is 290 g/mol. The molecule has 4 nitrogen and oxygen atoms in total.